The molecule has 1 amide bonds. The average Bonchev–Trinajstić information content (AvgIpc) is 3.56. The van der Waals surface area contributed by atoms with Crippen LogP contribution in [-0.4, -0.2) is 29.0 Å². The molecule has 0 saturated carbocycles. The van der Waals surface area contributed by atoms with Gasteiger partial charge in [0.15, 0.2) is 11.5 Å². The Bertz CT molecular complexity index is 1270. The predicted molar refractivity (Wildman–Crippen MR) is 121 cm³/mol. The van der Waals surface area contributed by atoms with Crippen LogP contribution in [0.5, 0.6) is 0 Å². The number of hydrazone groups is 1. The summed E-state index contributed by atoms with van der Waals surface area (Å²) in [6, 6.07) is 20.0. The number of benzene rings is 2. The molecule has 0 unspecified atom stereocenters. The van der Waals surface area contributed by atoms with Crippen molar-refractivity contribution in [3.8, 4) is 0 Å². The summed E-state index contributed by atoms with van der Waals surface area (Å²) in [6.07, 6.45) is 2.08. The molecule has 7 heteroatoms. The summed E-state index contributed by atoms with van der Waals surface area (Å²) in [5.41, 5.74) is 2.85. The van der Waals surface area contributed by atoms with Gasteiger partial charge in [0, 0.05) is 23.1 Å². The van der Waals surface area contributed by atoms with Gasteiger partial charge in [-0.25, -0.2) is 5.01 Å². The number of nitrogens with zero attached hydrogens (tertiary/aromatic N) is 2. The summed E-state index contributed by atoms with van der Waals surface area (Å²) in [5.74, 6) is 1.11. The predicted octanol–water partition coefficient (Wildman–Crippen LogP) is 5.02. The topological polar surface area (TPSA) is 88.0 Å². The molecule has 1 aliphatic rings. The molecule has 0 spiro atoms. The van der Waals surface area contributed by atoms with E-state index in [0.717, 1.165) is 16.7 Å². The molecule has 1 N–H and O–H groups in total. The van der Waals surface area contributed by atoms with Gasteiger partial charge in [-0.1, -0.05) is 18.2 Å². The molecule has 1 atom stereocenters. The van der Waals surface area contributed by atoms with E-state index in [0.29, 0.717) is 29.2 Å². The lowest BCUT2D eigenvalue weighted by Crippen LogP contribution is -2.32. The minimum Gasteiger partial charge on any atom is -0.467 e. The Morgan fingerprint density at radius 1 is 1.09 bits per heavy atom. The number of carbonyl (C=O) groups is 2. The van der Waals surface area contributed by atoms with E-state index in [1.54, 1.807) is 36.6 Å². The van der Waals surface area contributed by atoms with Crippen LogP contribution in [0.15, 0.2) is 86.9 Å². The first-order chi connectivity index (χ1) is 15.6. The van der Waals surface area contributed by atoms with Crippen LogP contribution in [0, 0.1) is 0 Å². The van der Waals surface area contributed by atoms with E-state index in [1.807, 2.05) is 36.4 Å². The lowest BCUT2D eigenvalue weighted by atomic mass is 10.1. The second kappa shape index (κ2) is 8.19. The van der Waals surface area contributed by atoms with E-state index in [4.69, 9.17) is 8.83 Å². The molecule has 1 aliphatic heterocycles. The molecule has 0 fully saturated rings. The molecule has 2 aromatic carbocycles. The Balaban J connectivity index is 1.37. The lowest BCUT2D eigenvalue weighted by molar-refractivity contribution is -0.131. The van der Waals surface area contributed by atoms with Gasteiger partial charge in [0.25, 0.3) is 5.91 Å². The minimum atomic E-state index is -0.345. The zero-order valence-corrected chi connectivity index (χ0v) is 17.4. The molecule has 0 aliphatic carbocycles. The van der Waals surface area contributed by atoms with Crippen molar-refractivity contribution < 1.29 is 18.4 Å². The molecule has 7 nitrogen and oxygen atoms in total. The largest absolute Gasteiger partial charge is 0.467 e. The zero-order valence-electron chi connectivity index (χ0n) is 17.4. The number of nitrogens with one attached hydrogen (secondary N) is 1. The van der Waals surface area contributed by atoms with Crippen LogP contribution < -0.4 is 5.32 Å². The molecule has 5 rings (SSSR count). The van der Waals surface area contributed by atoms with Crippen molar-refractivity contribution >= 4 is 34.1 Å². The van der Waals surface area contributed by atoms with Crippen molar-refractivity contribution in [2.75, 3.05) is 11.9 Å². The molecule has 0 saturated heterocycles. The molecule has 0 radical (unpaired) electrons. The van der Waals surface area contributed by atoms with E-state index >= 15 is 0 Å². The highest BCUT2D eigenvalue weighted by molar-refractivity contribution is 6.03. The van der Waals surface area contributed by atoms with Gasteiger partial charge in [-0.2, -0.15) is 5.10 Å². The van der Waals surface area contributed by atoms with Gasteiger partial charge >= 0.3 is 0 Å². The molecule has 4 aromatic rings. The fourth-order valence-corrected chi connectivity index (χ4v) is 3.80. The number of rotatable bonds is 6. The highest BCUT2D eigenvalue weighted by Gasteiger charge is 2.35. The van der Waals surface area contributed by atoms with Crippen LogP contribution in [0.2, 0.25) is 0 Å². The second-order valence-electron chi connectivity index (χ2n) is 7.66. The lowest BCUT2D eigenvalue weighted by Gasteiger charge is -2.20. The van der Waals surface area contributed by atoms with E-state index < -0.39 is 0 Å². The fourth-order valence-electron chi connectivity index (χ4n) is 3.80. The number of para-hydroxylation sites is 1. The Labute approximate surface area is 184 Å². The van der Waals surface area contributed by atoms with Crippen molar-refractivity contribution in [1.29, 1.82) is 0 Å². The van der Waals surface area contributed by atoms with Gasteiger partial charge in [0.1, 0.15) is 23.1 Å². The number of furan rings is 2. The molecule has 32 heavy (non-hydrogen) atoms. The van der Waals surface area contributed by atoms with E-state index in [-0.39, 0.29) is 24.3 Å². The van der Waals surface area contributed by atoms with Crippen molar-refractivity contribution in [2.45, 2.75) is 19.4 Å². The first-order valence-electron chi connectivity index (χ1n) is 10.4. The fraction of sp³-hybridized carbons (Fsp3) is 0.160. The maximum atomic E-state index is 13.1. The summed E-state index contributed by atoms with van der Waals surface area (Å²) in [4.78, 5) is 24.5. The number of fused-ring (bicyclic) bond motifs is 1. The second-order valence-corrected chi connectivity index (χ2v) is 7.66. The van der Waals surface area contributed by atoms with Crippen LogP contribution in [0.3, 0.4) is 0 Å². The van der Waals surface area contributed by atoms with E-state index in [2.05, 4.69) is 10.4 Å². The third kappa shape index (κ3) is 3.80. The maximum Gasteiger partial charge on any atom is 0.262 e. The number of amides is 1. The summed E-state index contributed by atoms with van der Waals surface area (Å²) in [7, 11) is 0. The van der Waals surface area contributed by atoms with Crippen molar-refractivity contribution in [3.05, 3.63) is 90.1 Å². The van der Waals surface area contributed by atoms with Gasteiger partial charge in [-0.05, 0) is 55.5 Å². The maximum absolute atomic E-state index is 13.1. The van der Waals surface area contributed by atoms with Gasteiger partial charge in [0.2, 0.25) is 0 Å². The number of hydrogen-bond donors (Lipinski definition) is 1. The van der Waals surface area contributed by atoms with Crippen LogP contribution in [0.25, 0.3) is 11.0 Å². The van der Waals surface area contributed by atoms with Gasteiger partial charge in [0.05, 0.1) is 12.8 Å². The molecule has 0 bridgehead atoms. The van der Waals surface area contributed by atoms with Crippen molar-refractivity contribution in [1.82, 2.24) is 5.01 Å². The van der Waals surface area contributed by atoms with Crippen LogP contribution in [0.1, 0.15) is 41.3 Å². The first kappa shape index (κ1) is 19.8. The van der Waals surface area contributed by atoms with Gasteiger partial charge < -0.3 is 14.2 Å². The summed E-state index contributed by atoms with van der Waals surface area (Å²) in [5, 5.41) is 10.1. The third-order valence-corrected chi connectivity index (χ3v) is 5.48. The SMILES string of the molecule is CC(=O)c1ccc(NCC(=O)N2N=C(c3cc4ccccc4o3)C[C@H]2c2ccco2)cc1. The molecule has 3 heterocycles. The Kier molecular flexibility index (Phi) is 5.07. The molecular weight excluding hydrogens is 406 g/mol. The van der Waals surface area contributed by atoms with Crippen LogP contribution in [0.4, 0.5) is 5.69 Å². The number of Topliss-reactive ketones (excluding diaryl/α,β-unsaturated/α-hetero) is 1. The summed E-state index contributed by atoms with van der Waals surface area (Å²) >= 11 is 0. The molecule has 2 aromatic heterocycles. The van der Waals surface area contributed by atoms with Crippen LogP contribution in [-0.2, 0) is 4.79 Å². The number of anilines is 1. The Morgan fingerprint density at radius 2 is 1.91 bits per heavy atom. The quantitative estimate of drug-likeness (QED) is 0.437. The van der Waals surface area contributed by atoms with Gasteiger partial charge in [-0.3, -0.25) is 9.59 Å². The number of hydrogen-bond acceptors (Lipinski definition) is 6. The first-order valence-corrected chi connectivity index (χ1v) is 10.4. The van der Waals surface area contributed by atoms with Crippen LogP contribution >= 0.6 is 0 Å². The van der Waals surface area contributed by atoms with E-state index in [9.17, 15) is 9.59 Å². The normalized spacial score (nSPS) is 15.7. The van der Waals surface area contributed by atoms with Crippen molar-refractivity contribution in [2.24, 2.45) is 5.10 Å². The zero-order chi connectivity index (χ0) is 22.1. The van der Waals surface area contributed by atoms with Crippen molar-refractivity contribution in [3.63, 3.8) is 0 Å². The highest BCUT2D eigenvalue weighted by Crippen LogP contribution is 2.34. The summed E-state index contributed by atoms with van der Waals surface area (Å²) < 4.78 is 11.6. The third-order valence-electron chi connectivity index (χ3n) is 5.48. The number of carbonyl (C=O) groups excluding carboxylic acids is 2. The monoisotopic (exact) mass is 427 g/mol. The standard InChI is InChI=1S/C25H21N3O4/c1-16(29)17-8-10-19(11-9-17)26-15-25(30)28-21(23-7-4-12-31-23)14-20(27-28)24-13-18-5-2-3-6-22(18)32-24/h2-13,21,26H,14-15H2,1H3/t21-/m0/s1. The van der Waals surface area contributed by atoms with E-state index in [1.165, 1.54) is 11.9 Å². The summed E-state index contributed by atoms with van der Waals surface area (Å²) in [6.45, 7) is 1.57. The Morgan fingerprint density at radius 3 is 2.62 bits per heavy atom. The average molecular weight is 427 g/mol. The number of ketones is 1. The molecular formula is C25H21N3O4. The smallest absolute Gasteiger partial charge is 0.262 e. The highest BCUT2D eigenvalue weighted by atomic mass is 16.3. The van der Waals surface area contributed by atoms with Gasteiger partial charge in [-0.15, -0.1) is 0 Å². The molecule has 160 valence electrons. The minimum absolute atomic E-state index is 0.00145. The Hall–Kier alpha value is -4.13.